The largest absolute Gasteiger partial charge is 0.508 e. The van der Waals surface area contributed by atoms with Gasteiger partial charge in [0.2, 0.25) is 6.79 Å². The van der Waals surface area contributed by atoms with Crippen LogP contribution in [0.1, 0.15) is 25.3 Å². The van der Waals surface area contributed by atoms with Gasteiger partial charge in [-0.05, 0) is 12.0 Å². The first kappa shape index (κ1) is 8.23. The Morgan fingerprint density at radius 2 is 1.85 bits per heavy atom. The fourth-order valence-electron chi connectivity index (χ4n) is 1.41. The van der Waals surface area contributed by atoms with Crippen LogP contribution in [0.5, 0.6) is 17.2 Å². The molecule has 1 aliphatic heterocycles. The van der Waals surface area contributed by atoms with Crippen molar-refractivity contribution < 1.29 is 14.6 Å². The van der Waals surface area contributed by atoms with Gasteiger partial charge in [0.1, 0.15) is 5.75 Å². The summed E-state index contributed by atoms with van der Waals surface area (Å²) in [6.45, 7) is 4.30. The molecule has 0 unspecified atom stereocenters. The van der Waals surface area contributed by atoms with Crippen LogP contribution in [0.15, 0.2) is 12.1 Å². The lowest BCUT2D eigenvalue weighted by Crippen LogP contribution is -1.93. The molecule has 0 aromatic heterocycles. The summed E-state index contributed by atoms with van der Waals surface area (Å²) in [4.78, 5) is 0. The van der Waals surface area contributed by atoms with Crippen molar-refractivity contribution in [1.82, 2.24) is 0 Å². The first-order chi connectivity index (χ1) is 6.18. The molecular formula is C10H12O3. The molecule has 1 heterocycles. The average molecular weight is 180 g/mol. The summed E-state index contributed by atoms with van der Waals surface area (Å²) in [6.07, 6.45) is 0. The molecular weight excluding hydrogens is 168 g/mol. The van der Waals surface area contributed by atoms with E-state index in [0.29, 0.717) is 5.75 Å². The monoisotopic (exact) mass is 180 g/mol. The van der Waals surface area contributed by atoms with E-state index in [1.54, 1.807) is 6.07 Å². The van der Waals surface area contributed by atoms with Gasteiger partial charge in [0, 0.05) is 11.6 Å². The Hall–Kier alpha value is -1.38. The molecule has 0 aliphatic carbocycles. The second-order valence-corrected chi connectivity index (χ2v) is 3.42. The molecule has 3 nitrogen and oxygen atoms in total. The van der Waals surface area contributed by atoms with Crippen LogP contribution in [0.4, 0.5) is 0 Å². The predicted molar refractivity (Wildman–Crippen MR) is 48.3 cm³/mol. The van der Waals surface area contributed by atoms with Crippen LogP contribution in [0.2, 0.25) is 0 Å². The van der Waals surface area contributed by atoms with Gasteiger partial charge >= 0.3 is 0 Å². The Kier molecular flexibility index (Phi) is 1.79. The van der Waals surface area contributed by atoms with Crippen LogP contribution >= 0.6 is 0 Å². The van der Waals surface area contributed by atoms with Gasteiger partial charge in [0.15, 0.2) is 11.5 Å². The van der Waals surface area contributed by atoms with Gasteiger partial charge in [-0.15, -0.1) is 0 Å². The number of ether oxygens (including phenoxy) is 2. The van der Waals surface area contributed by atoms with E-state index >= 15 is 0 Å². The first-order valence-corrected chi connectivity index (χ1v) is 4.31. The Balaban J connectivity index is 2.49. The molecule has 0 bridgehead atoms. The van der Waals surface area contributed by atoms with E-state index in [9.17, 15) is 5.11 Å². The van der Waals surface area contributed by atoms with Crippen LogP contribution in [-0.2, 0) is 0 Å². The quantitative estimate of drug-likeness (QED) is 0.720. The fourth-order valence-corrected chi connectivity index (χ4v) is 1.41. The highest BCUT2D eigenvalue weighted by molar-refractivity contribution is 5.52. The summed E-state index contributed by atoms with van der Waals surface area (Å²) in [5.74, 6) is 1.91. The average Bonchev–Trinajstić information content (AvgIpc) is 2.48. The van der Waals surface area contributed by atoms with Crippen molar-refractivity contribution in [3.8, 4) is 17.2 Å². The van der Waals surface area contributed by atoms with Crippen molar-refractivity contribution in [3.63, 3.8) is 0 Å². The molecule has 2 rings (SSSR count). The first-order valence-electron chi connectivity index (χ1n) is 4.31. The topological polar surface area (TPSA) is 38.7 Å². The second kappa shape index (κ2) is 2.83. The van der Waals surface area contributed by atoms with Gasteiger partial charge in [0.05, 0.1) is 0 Å². The number of rotatable bonds is 1. The molecule has 1 N–H and O–H groups in total. The maximum Gasteiger partial charge on any atom is 0.231 e. The van der Waals surface area contributed by atoms with E-state index in [-0.39, 0.29) is 18.5 Å². The minimum atomic E-state index is 0.246. The van der Waals surface area contributed by atoms with Crippen molar-refractivity contribution in [2.45, 2.75) is 19.8 Å². The lowest BCUT2D eigenvalue weighted by Gasteiger charge is -2.08. The third kappa shape index (κ3) is 1.30. The van der Waals surface area contributed by atoms with Crippen LogP contribution in [0.25, 0.3) is 0 Å². The highest BCUT2D eigenvalue weighted by atomic mass is 16.7. The number of hydrogen-bond acceptors (Lipinski definition) is 3. The van der Waals surface area contributed by atoms with Crippen molar-refractivity contribution >= 4 is 0 Å². The van der Waals surface area contributed by atoms with Crippen LogP contribution in [-0.4, -0.2) is 11.9 Å². The molecule has 1 aromatic carbocycles. The molecule has 0 saturated carbocycles. The Morgan fingerprint density at radius 1 is 1.23 bits per heavy atom. The highest BCUT2D eigenvalue weighted by Gasteiger charge is 2.17. The summed E-state index contributed by atoms with van der Waals surface area (Å²) >= 11 is 0. The van der Waals surface area contributed by atoms with E-state index in [0.717, 1.165) is 11.3 Å². The smallest absolute Gasteiger partial charge is 0.231 e. The Labute approximate surface area is 76.9 Å². The van der Waals surface area contributed by atoms with Gasteiger partial charge in [-0.2, -0.15) is 0 Å². The molecule has 0 radical (unpaired) electrons. The molecule has 0 spiro atoms. The van der Waals surface area contributed by atoms with Gasteiger partial charge in [-0.25, -0.2) is 0 Å². The SMILES string of the molecule is CC(C)c1cc2c(cc1O)OCO2. The zero-order valence-electron chi connectivity index (χ0n) is 7.70. The third-order valence-corrected chi connectivity index (χ3v) is 2.14. The summed E-state index contributed by atoms with van der Waals surface area (Å²) in [7, 11) is 0. The maximum absolute atomic E-state index is 9.61. The number of aromatic hydroxyl groups is 1. The van der Waals surface area contributed by atoms with E-state index in [2.05, 4.69) is 0 Å². The minimum absolute atomic E-state index is 0.246. The van der Waals surface area contributed by atoms with Crippen LogP contribution in [0, 0.1) is 0 Å². The zero-order chi connectivity index (χ0) is 9.42. The number of phenols is 1. The Morgan fingerprint density at radius 3 is 2.46 bits per heavy atom. The van der Waals surface area contributed by atoms with E-state index in [1.807, 2.05) is 19.9 Å². The van der Waals surface area contributed by atoms with E-state index in [4.69, 9.17) is 9.47 Å². The van der Waals surface area contributed by atoms with Gasteiger partial charge in [-0.3, -0.25) is 0 Å². The highest BCUT2D eigenvalue weighted by Crippen LogP contribution is 2.39. The van der Waals surface area contributed by atoms with Crippen molar-refractivity contribution in [2.75, 3.05) is 6.79 Å². The van der Waals surface area contributed by atoms with Crippen molar-refractivity contribution in [2.24, 2.45) is 0 Å². The number of fused-ring (bicyclic) bond motifs is 1. The van der Waals surface area contributed by atoms with E-state index < -0.39 is 0 Å². The normalized spacial score (nSPS) is 13.8. The molecule has 0 saturated heterocycles. The lowest BCUT2D eigenvalue weighted by atomic mass is 10.0. The summed E-state index contributed by atoms with van der Waals surface area (Å²) in [6, 6.07) is 3.44. The molecule has 3 heteroatoms. The predicted octanol–water partition coefficient (Wildman–Crippen LogP) is 2.24. The van der Waals surface area contributed by atoms with Gasteiger partial charge in [-0.1, -0.05) is 13.8 Å². The third-order valence-electron chi connectivity index (χ3n) is 2.14. The zero-order valence-corrected chi connectivity index (χ0v) is 7.70. The molecule has 70 valence electrons. The molecule has 0 amide bonds. The molecule has 13 heavy (non-hydrogen) atoms. The number of hydrogen-bond donors (Lipinski definition) is 1. The molecule has 1 aliphatic rings. The van der Waals surface area contributed by atoms with Crippen LogP contribution in [0.3, 0.4) is 0 Å². The van der Waals surface area contributed by atoms with Crippen molar-refractivity contribution in [3.05, 3.63) is 17.7 Å². The number of benzene rings is 1. The standard InChI is InChI=1S/C10H12O3/c1-6(2)7-3-9-10(4-8(7)11)13-5-12-9/h3-4,6,11H,5H2,1-2H3. The summed E-state index contributed by atoms with van der Waals surface area (Å²) < 4.78 is 10.3. The van der Waals surface area contributed by atoms with Crippen LogP contribution < -0.4 is 9.47 Å². The molecule has 1 aromatic rings. The second-order valence-electron chi connectivity index (χ2n) is 3.42. The number of phenolic OH excluding ortho intramolecular Hbond substituents is 1. The summed E-state index contributed by atoms with van der Waals surface area (Å²) in [5.41, 5.74) is 0.893. The van der Waals surface area contributed by atoms with Gasteiger partial charge in [0.25, 0.3) is 0 Å². The summed E-state index contributed by atoms with van der Waals surface area (Å²) in [5, 5.41) is 9.61. The maximum atomic E-state index is 9.61. The molecule has 0 fully saturated rings. The lowest BCUT2D eigenvalue weighted by molar-refractivity contribution is 0.174. The Bertz CT molecular complexity index is 331. The molecule has 0 atom stereocenters. The fraction of sp³-hybridized carbons (Fsp3) is 0.400. The van der Waals surface area contributed by atoms with Crippen molar-refractivity contribution in [1.29, 1.82) is 0 Å². The minimum Gasteiger partial charge on any atom is -0.508 e. The van der Waals surface area contributed by atoms with E-state index in [1.165, 1.54) is 0 Å². The van der Waals surface area contributed by atoms with Gasteiger partial charge < -0.3 is 14.6 Å².